The number of aryl methyl sites for hydroxylation is 2. The average molecular weight is 555 g/mol. The van der Waals surface area contributed by atoms with Crippen LogP contribution in [-0.2, 0) is 12.8 Å². The van der Waals surface area contributed by atoms with Crippen molar-refractivity contribution in [3.8, 4) is 22.6 Å². The third kappa shape index (κ3) is 4.98. The Labute approximate surface area is 249 Å². The summed E-state index contributed by atoms with van der Waals surface area (Å²) in [6, 6.07) is 29.4. The van der Waals surface area contributed by atoms with Gasteiger partial charge < -0.3 is 10.2 Å². The van der Waals surface area contributed by atoms with E-state index in [0.717, 1.165) is 68.8 Å². The maximum Gasteiger partial charge on any atom is 0.131 e. The van der Waals surface area contributed by atoms with Crippen LogP contribution in [0, 0.1) is 0 Å². The highest BCUT2D eigenvalue weighted by Gasteiger charge is 2.23. The van der Waals surface area contributed by atoms with Crippen LogP contribution in [-0.4, -0.2) is 10.2 Å². The zero-order valence-electron chi connectivity index (χ0n) is 25.0. The number of benzene rings is 6. The largest absolute Gasteiger partial charge is 0.507 e. The van der Waals surface area contributed by atoms with Crippen LogP contribution in [0.4, 0.5) is 0 Å². The SMILES string of the molecule is CCCCCCc1cccc2c(O)c3ccccc3c(-c3c4ccccc4c(O)c4cccc(CCCCCC)c34)c12. The number of phenols is 2. The Morgan fingerprint density at radius 1 is 0.405 bits per heavy atom. The van der Waals surface area contributed by atoms with Crippen LogP contribution in [0.1, 0.15) is 76.3 Å². The predicted molar refractivity (Wildman–Crippen MR) is 181 cm³/mol. The van der Waals surface area contributed by atoms with Crippen molar-refractivity contribution in [1.29, 1.82) is 0 Å². The van der Waals surface area contributed by atoms with Crippen LogP contribution >= 0.6 is 0 Å². The minimum atomic E-state index is 0.354. The van der Waals surface area contributed by atoms with Gasteiger partial charge in [-0.3, -0.25) is 0 Å². The maximum absolute atomic E-state index is 11.7. The van der Waals surface area contributed by atoms with E-state index in [9.17, 15) is 10.2 Å². The molecule has 2 N–H and O–H groups in total. The van der Waals surface area contributed by atoms with E-state index in [-0.39, 0.29) is 0 Å². The van der Waals surface area contributed by atoms with Crippen molar-refractivity contribution in [2.75, 3.05) is 0 Å². The van der Waals surface area contributed by atoms with Crippen molar-refractivity contribution in [2.45, 2.75) is 78.1 Å². The van der Waals surface area contributed by atoms with E-state index < -0.39 is 0 Å². The van der Waals surface area contributed by atoms with Crippen LogP contribution in [0.25, 0.3) is 54.2 Å². The van der Waals surface area contributed by atoms with Crippen LogP contribution in [0.3, 0.4) is 0 Å². The quantitative estimate of drug-likeness (QED) is 0.123. The molecular formula is C40H42O2. The number of phenolic OH excluding ortho intramolecular Hbond substituents is 2. The smallest absolute Gasteiger partial charge is 0.131 e. The summed E-state index contributed by atoms with van der Waals surface area (Å²) in [6.45, 7) is 4.50. The Hall–Kier alpha value is -4.04. The van der Waals surface area contributed by atoms with E-state index in [4.69, 9.17) is 0 Å². The minimum absolute atomic E-state index is 0.354. The molecule has 0 heterocycles. The molecule has 0 unspecified atom stereocenters. The molecule has 214 valence electrons. The molecule has 0 aliphatic rings. The molecule has 42 heavy (non-hydrogen) atoms. The zero-order valence-corrected chi connectivity index (χ0v) is 25.0. The Kier molecular flexibility index (Phi) is 8.33. The average Bonchev–Trinajstić information content (AvgIpc) is 3.03. The first-order chi connectivity index (χ1) is 20.7. The van der Waals surface area contributed by atoms with Gasteiger partial charge in [-0.25, -0.2) is 0 Å². The van der Waals surface area contributed by atoms with E-state index >= 15 is 0 Å². The van der Waals surface area contributed by atoms with E-state index in [2.05, 4.69) is 74.5 Å². The third-order valence-corrected chi connectivity index (χ3v) is 9.06. The summed E-state index contributed by atoms with van der Waals surface area (Å²) in [4.78, 5) is 0. The minimum Gasteiger partial charge on any atom is -0.507 e. The monoisotopic (exact) mass is 554 g/mol. The Bertz CT molecular complexity index is 1740. The first-order valence-corrected chi connectivity index (χ1v) is 16.0. The fourth-order valence-corrected chi connectivity index (χ4v) is 6.98. The molecular weight excluding hydrogens is 512 g/mol. The van der Waals surface area contributed by atoms with Crippen molar-refractivity contribution >= 4 is 43.1 Å². The lowest BCUT2D eigenvalue weighted by Gasteiger charge is -2.22. The van der Waals surface area contributed by atoms with Crippen molar-refractivity contribution < 1.29 is 10.2 Å². The molecule has 0 aromatic heterocycles. The second kappa shape index (κ2) is 12.4. The molecule has 2 nitrogen and oxygen atoms in total. The predicted octanol–water partition coefficient (Wildman–Crippen LogP) is 11.6. The highest BCUT2D eigenvalue weighted by molar-refractivity contribution is 6.27. The fourth-order valence-electron chi connectivity index (χ4n) is 6.98. The topological polar surface area (TPSA) is 40.5 Å². The molecule has 0 fully saturated rings. The van der Waals surface area contributed by atoms with Gasteiger partial charge in [-0.2, -0.15) is 0 Å². The van der Waals surface area contributed by atoms with Gasteiger partial charge in [0, 0.05) is 21.5 Å². The number of unbranched alkanes of at least 4 members (excludes halogenated alkanes) is 6. The van der Waals surface area contributed by atoms with Gasteiger partial charge >= 0.3 is 0 Å². The van der Waals surface area contributed by atoms with E-state index in [1.165, 1.54) is 60.8 Å². The molecule has 0 saturated carbocycles. The van der Waals surface area contributed by atoms with E-state index in [0.29, 0.717) is 11.5 Å². The highest BCUT2D eigenvalue weighted by atomic mass is 16.3. The lowest BCUT2D eigenvalue weighted by molar-refractivity contribution is 0.487. The van der Waals surface area contributed by atoms with Crippen LogP contribution in [0.2, 0.25) is 0 Å². The summed E-state index contributed by atoms with van der Waals surface area (Å²) in [7, 11) is 0. The molecule has 0 saturated heterocycles. The lowest BCUT2D eigenvalue weighted by Crippen LogP contribution is -1.97. The zero-order chi connectivity index (χ0) is 29.1. The van der Waals surface area contributed by atoms with Gasteiger partial charge in [-0.1, -0.05) is 137 Å². The van der Waals surface area contributed by atoms with Gasteiger partial charge in [0.25, 0.3) is 0 Å². The summed E-state index contributed by atoms with van der Waals surface area (Å²) in [6.07, 6.45) is 11.5. The van der Waals surface area contributed by atoms with Gasteiger partial charge in [-0.05, 0) is 69.5 Å². The van der Waals surface area contributed by atoms with Crippen molar-refractivity contribution in [2.24, 2.45) is 0 Å². The van der Waals surface area contributed by atoms with E-state index in [1.54, 1.807) is 0 Å². The molecule has 2 heteroatoms. The first-order valence-electron chi connectivity index (χ1n) is 16.0. The van der Waals surface area contributed by atoms with Crippen LogP contribution in [0.15, 0.2) is 84.9 Å². The summed E-state index contributed by atoms with van der Waals surface area (Å²) in [5.41, 5.74) is 4.91. The van der Waals surface area contributed by atoms with Gasteiger partial charge in [0.05, 0.1) is 0 Å². The fraction of sp³-hybridized carbons (Fsp3) is 0.300. The molecule has 6 rings (SSSR count). The number of aromatic hydroxyl groups is 2. The third-order valence-electron chi connectivity index (χ3n) is 9.06. The molecule has 6 aromatic rings. The number of rotatable bonds is 11. The number of hydrogen-bond acceptors (Lipinski definition) is 2. The summed E-state index contributed by atoms with van der Waals surface area (Å²) >= 11 is 0. The van der Waals surface area contributed by atoms with Gasteiger partial charge in [0.15, 0.2) is 0 Å². The second-order valence-corrected chi connectivity index (χ2v) is 11.8. The van der Waals surface area contributed by atoms with Crippen molar-refractivity contribution in [3.05, 3.63) is 96.1 Å². The first kappa shape index (κ1) is 28.1. The maximum atomic E-state index is 11.7. The van der Waals surface area contributed by atoms with E-state index in [1.807, 2.05) is 24.3 Å². The lowest BCUT2D eigenvalue weighted by atomic mass is 9.82. The van der Waals surface area contributed by atoms with Crippen LogP contribution < -0.4 is 0 Å². The molecule has 0 radical (unpaired) electrons. The van der Waals surface area contributed by atoms with Crippen molar-refractivity contribution in [1.82, 2.24) is 0 Å². The summed E-state index contributed by atoms with van der Waals surface area (Å²) < 4.78 is 0. The Morgan fingerprint density at radius 3 is 1.19 bits per heavy atom. The Morgan fingerprint density at radius 2 is 0.786 bits per heavy atom. The van der Waals surface area contributed by atoms with Gasteiger partial charge in [0.1, 0.15) is 11.5 Å². The molecule has 0 aliphatic heterocycles. The summed E-state index contributed by atoms with van der Waals surface area (Å²) in [5, 5.41) is 31.3. The second-order valence-electron chi connectivity index (χ2n) is 11.8. The van der Waals surface area contributed by atoms with Crippen molar-refractivity contribution in [3.63, 3.8) is 0 Å². The molecule has 0 spiro atoms. The molecule has 0 atom stereocenters. The number of fused-ring (bicyclic) bond motifs is 4. The normalized spacial score (nSPS) is 11.8. The highest BCUT2D eigenvalue weighted by Crippen LogP contribution is 2.51. The van der Waals surface area contributed by atoms with Gasteiger partial charge in [-0.15, -0.1) is 0 Å². The van der Waals surface area contributed by atoms with Gasteiger partial charge in [0.2, 0.25) is 0 Å². The summed E-state index contributed by atoms with van der Waals surface area (Å²) in [5.74, 6) is 0.707. The standard InChI is InChI=1S/C40H42O2/c1-3-5-7-9-17-27-19-15-25-33-35(27)37(29-21-11-13-23-31(29)39(33)41)38-30-22-12-14-24-32(30)40(42)34-26-16-20-28(36(34)38)18-10-8-6-4-2/h11-16,19-26,41-42H,3-10,17-18H2,1-2H3. The molecule has 0 amide bonds. The molecule has 6 aromatic carbocycles. The molecule has 0 aliphatic carbocycles. The van der Waals surface area contributed by atoms with Crippen LogP contribution in [0.5, 0.6) is 11.5 Å². The molecule has 0 bridgehead atoms. The Balaban J connectivity index is 1.76. The number of hydrogen-bond donors (Lipinski definition) is 2.